The topological polar surface area (TPSA) is 82.1 Å². The van der Waals surface area contributed by atoms with Gasteiger partial charge in [-0.25, -0.2) is 4.98 Å². The van der Waals surface area contributed by atoms with E-state index in [0.29, 0.717) is 16.7 Å². The normalized spacial score (nSPS) is 11.1. The monoisotopic (exact) mass is 317 g/mol. The highest BCUT2D eigenvalue weighted by Gasteiger charge is 2.19. The lowest BCUT2D eigenvalue weighted by Gasteiger charge is -2.09. The zero-order valence-electron chi connectivity index (χ0n) is 12.2. The molecule has 112 valence electrons. The first kappa shape index (κ1) is 14.5. The first-order valence-electron chi connectivity index (χ1n) is 6.56. The van der Waals surface area contributed by atoms with E-state index in [4.69, 9.17) is 16.1 Å². The molecule has 0 spiro atoms. The summed E-state index contributed by atoms with van der Waals surface area (Å²) in [6.07, 6.45) is 1.18. The molecule has 0 unspecified atom stereocenters. The highest BCUT2D eigenvalue weighted by atomic mass is 35.5. The van der Waals surface area contributed by atoms with E-state index in [2.05, 4.69) is 10.1 Å². The molecule has 0 N–H and O–H groups in total. The molecule has 0 atom stereocenters. The fourth-order valence-corrected chi connectivity index (χ4v) is 2.84. The molecule has 2 heterocycles. The molecule has 22 heavy (non-hydrogen) atoms. The van der Waals surface area contributed by atoms with Gasteiger partial charge in [0.05, 0.1) is 16.1 Å². The number of fused-ring (bicyclic) bond motifs is 1. The summed E-state index contributed by atoms with van der Waals surface area (Å²) in [7, 11) is 0. The Morgan fingerprint density at radius 1 is 1.27 bits per heavy atom. The molecular weight excluding hydrogens is 306 g/mol. The van der Waals surface area contributed by atoms with Gasteiger partial charge in [0.15, 0.2) is 0 Å². The fraction of sp³-hybridized carbons (Fsp3) is 0.200. The molecule has 0 amide bonds. The zero-order chi connectivity index (χ0) is 16.0. The third kappa shape index (κ3) is 2.12. The first-order chi connectivity index (χ1) is 10.4. The van der Waals surface area contributed by atoms with Crippen LogP contribution in [0.5, 0.6) is 0 Å². The van der Waals surface area contributed by atoms with Crippen molar-refractivity contribution >= 4 is 28.2 Å². The fourth-order valence-electron chi connectivity index (χ4n) is 2.57. The second kappa shape index (κ2) is 5.06. The van der Waals surface area contributed by atoms with Crippen LogP contribution in [-0.4, -0.2) is 15.1 Å². The third-order valence-electron chi connectivity index (χ3n) is 3.63. The number of aromatic nitrogens is 2. The lowest BCUT2D eigenvalue weighted by Crippen LogP contribution is -1.94. The summed E-state index contributed by atoms with van der Waals surface area (Å²) in [6, 6.07) is 3.66. The zero-order valence-corrected chi connectivity index (χ0v) is 12.9. The summed E-state index contributed by atoms with van der Waals surface area (Å²) >= 11 is 6.14. The van der Waals surface area contributed by atoms with Crippen LogP contribution in [0.2, 0.25) is 5.02 Å². The summed E-state index contributed by atoms with van der Waals surface area (Å²) in [4.78, 5) is 14.6. The van der Waals surface area contributed by atoms with Gasteiger partial charge in [-0.3, -0.25) is 10.1 Å². The van der Waals surface area contributed by atoms with Gasteiger partial charge in [-0.2, -0.15) is 0 Å². The Bertz CT molecular complexity index is 899. The summed E-state index contributed by atoms with van der Waals surface area (Å²) < 4.78 is 5.21. The van der Waals surface area contributed by atoms with Crippen molar-refractivity contribution < 1.29 is 9.45 Å². The van der Waals surface area contributed by atoms with Crippen LogP contribution < -0.4 is 0 Å². The molecule has 3 rings (SSSR count). The SMILES string of the molecule is Cc1cc2c(Cl)c([N+](=O)[O-])cnc2cc1-c1c(C)noc1C. The molecule has 3 aromatic rings. The molecule has 0 aliphatic heterocycles. The van der Waals surface area contributed by atoms with Gasteiger partial charge in [-0.1, -0.05) is 16.8 Å². The van der Waals surface area contributed by atoms with Gasteiger partial charge in [0.2, 0.25) is 0 Å². The molecule has 0 radical (unpaired) electrons. The molecular formula is C15H12ClN3O3. The Hall–Kier alpha value is -2.47. The Morgan fingerprint density at radius 2 is 2.00 bits per heavy atom. The van der Waals surface area contributed by atoms with Crippen molar-refractivity contribution in [2.24, 2.45) is 0 Å². The molecule has 0 aliphatic carbocycles. The van der Waals surface area contributed by atoms with Crippen molar-refractivity contribution in [3.63, 3.8) is 0 Å². The second-order valence-corrected chi connectivity index (χ2v) is 5.48. The molecule has 0 saturated carbocycles. The molecule has 6 nitrogen and oxygen atoms in total. The van der Waals surface area contributed by atoms with Crippen LogP contribution in [0, 0.1) is 30.9 Å². The van der Waals surface area contributed by atoms with Crippen molar-refractivity contribution in [2.75, 3.05) is 0 Å². The Balaban J connectivity index is 2.31. The van der Waals surface area contributed by atoms with E-state index >= 15 is 0 Å². The number of rotatable bonds is 2. The van der Waals surface area contributed by atoms with Crippen LogP contribution >= 0.6 is 11.6 Å². The Labute approximate surface area is 130 Å². The number of halogens is 1. The third-order valence-corrected chi connectivity index (χ3v) is 4.03. The summed E-state index contributed by atoms with van der Waals surface area (Å²) in [6.45, 7) is 5.62. The van der Waals surface area contributed by atoms with Crippen LogP contribution in [0.25, 0.3) is 22.0 Å². The van der Waals surface area contributed by atoms with Crippen molar-refractivity contribution in [1.82, 2.24) is 10.1 Å². The molecule has 0 aliphatic rings. The van der Waals surface area contributed by atoms with Crippen LogP contribution in [0.4, 0.5) is 5.69 Å². The summed E-state index contributed by atoms with van der Waals surface area (Å²) in [5, 5.41) is 15.6. The van der Waals surface area contributed by atoms with E-state index in [1.54, 1.807) is 6.07 Å². The van der Waals surface area contributed by atoms with Crippen molar-refractivity contribution in [2.45, 2.75) is 20.8 Å². The number of pyridine rings is 1. The molecule has 1 aromatic carbocycles. The van der Waals surface area contributed by atoms with Gasteiger partial charge in [-0.05, 0) is 44.0 Å². The average molecular weight is 318 g/mol. The number of hydrogen-bond donors (Lipinski definition) is 0. The Morgan fingerprint density at radius 3 is 2.59 bits per heavy atom. The van der Waals surface area contributed by atoms with E-state index < -0.39 is 4.92 Å². The lowest BCUT2D eigenvalue weighted by molar-refractivity contribution is -0.384. The van der Waals surface area contributed by atoms with Crippen molar-refractivity contribution in [3.8, 4) is 11.1 Å². The van der Waals surface area contributed by atoms with Crippen LogP contribution in [0.1, 0.15) is 17.0 Å². The smallest absolute Gasteiger partial charge is 0.306 e. The van der Waals surface area contributed by atoms with Gasteiger partial charge in [0, 0.05) is 10.9 Å². The predicted octanol–water partition coefficient (Wildman–Crippen LogP) is 4.38. The summed E-state index contributed by atoms with van der Waals surface area (Å²) in [5.41, 5.74) is 3.95. The highest BCUT2D eigenvalue weighted by molar-refractivity contribution is 6.37. The van der Waals surface area contributed by atoms with Gasteiger partial charge >= 0.3 is 5.69 Å². The predicted molar refractivity (Wildman–Crippen MR) is 83.1 cm³/mol. The maximum Gasteiger partial charge on any atom is 0.306 e. The molecule has 2 aromatic heterocycles. The van der Waals surface area contributed by atoms with Gasteiger partial charge in [0.25, 0.3) is 0 Å². The van der Waals surface area contributed by atoms with E-state index in [1.807, 2.05) is 26.8 Å². The van der Waals surface area contributed by atoms with E-state index in [0.717, 1.165) is 22.4 Å². The van der Waals surface area contributed by atoms with Gasteiger partial charge in [-0.15, -0.1) is 0 Å². The minimum atomic E-state index is -0.535. The number of nitro groups is 1. The molecule has 0 bridgehead atoms. The lowest BCUT2D eigenvalue weighted by atomic mass is 9.97. The van der Waals surface area contributed by atoms with Gasteiger partial charge in [0.1, 0.15) is 17.0 Å². The number of hydrogen-bond acceptors (Lipinski definition) is 5. The largest absolute Gasteiger partial charge is 0.361 e. The number of aryl methyl sites for hydroxylation is 3. The molecule has 0 saturated heterocycles. The molecule has 0 fully saturated rings. The van der Waals surface area contributed by atoms with Crippen LogP contribution in [0.3, 0.4) is 0 Å². The average Bonchev–Trinajstić information content (AvgIpc) is 2.78. The summed E-state index contributed by atoms with van der Waals surface area (Å²) in [5.74, 6) is 0.716. The van der Waals surface area contributed by atoms with E-state index in [-0.39, 0.29) is 10.7 Å². The van der Waals surface area contributed by atoms with Gasteiger partial charge < -0.3 is 4.52 Å². The van der Waals surface area contributed by atoms with Crippen LogP contribution in [0.15, 0.2) is 22.9 Å². The highest BCUT2D eigenvalue weighted by Crippen LogP contribution is 2.36. The van der Waals surface area contributed by atoms with E-state index in [9.17, 15) is 10.1 Å². The second-order valence-electron chi connectivity index (χ2n) is 5.10. The first-order valence-corrected chi connectivity index (χ1v) is 6.94. The van der Waals surface area contributed by atoms with Crippen molar-refractivity contribution in [1.29, 1.82) is 0 Å². The molecule has 7 heteroatoms. The quantitative estimate of drug-likeness (QED) is 0.517. The maximum absolute atomic E-state index is 11.0. The van der Waals surface area contributed by atoms with Crippen LogP contribution in [-0.2, 0) is 0 Å². The standard InChI is InChI=1S/C15H12ClN3O3/c1-7-4-11-12(17-6-13(15(11)16)19(20)21)5-10(7)14-8(2)18-22-9(14)3/h4-6H,1-3H3. The number of nitrogens with zero attached hydrogens (tertiary/aromatic N) is 3. The maximum atomic E-state index is 11.0. The Kier molecular flexibility index (Phi) is 3.33. The van der Waals surface area contributed by atoms with Crippen molar-refractivity contribution in [3.05, 3.63) is 50.5 Å². The number of benzene rings is 1. The minimum absolute atomic E-state index is 0.100. The van der Waals surface area contributed by atoms with E-state index in [1.165, 1.54) is 6.20 Å². The minimum Gasteiger partial charge on any atom is -0.361 e.